The molecule has 0 aliphatic rings. The zero-order chi connectivity index (χ0) is 42.9. The third-order valence-electron chi connectivity index (χ3n) is 11.5. The molecule has 0 saturated heterocycles. The molecular weight excluding hydrogens is 795 g/mol. The second-order valence-electron chi connectivity index (χ2n) is 14.9. The topological polar surface area (TPSA) is 57.4 Å². The average Bonchev–Trinajstić information content (AvgIpc) is 3.80. The Labute approximate surface area is 350 Å². The summed E-state index contributed by atoms with van der Waals surface area (Å²) in [6.45, 7) is 0. The van der Waals surface area contributed by atoms with E-state index in [-0.39, 0.29) is 22.3 Å². The Bertz CT molecular complexity index is 3300. The lowest BCUT2D eigenvalue weighted by Gasteiger charge is -2.16. The number of rotatable bonds is 5. The van der Waals surface area contributed by atoms with E-state index >= 15 is 0 Å². The summed E-state index contributed by atoms with van der Waals surface area (Å²) >= 11 is 0. The van der Waals surface area contributed by atoms with Crippen LogP contribution in [0.3, 0.4) is 0 Å². The summed E-state index contributed by atoms with van der Waals surface area (Å²) in [5, 5.41) is 24.4. The quantitative estimate of drug-likeness (QED) is 0.162. The van der Waals surface area contributed by atoms with E-state index < -0.39 is 23.5 Å². The van der Waals surface area contributed by atoms with Crippen LogP contribution >= 0.6 is 0 Å². The predicted molar refractivity (Wildman–Crippen MR) is 231 cm³/mol. The minimum Gasteiger partial charge on any atom is -0.309 e. The largest absolute Gasteiger partial charge is 0.417 e. The van der Waals surface area contributed by atoms with Crippen LogP contribution < -0.4 is 0 Å². The summed E-state index contributed by atoms with van der Waals surface area (Å²) in [6.07, 6.45) is -9.15. The molecule has 0 saturated carbocycles. The molecule has 4 nitrogen and oxygen atoms in total. The smallest absolute Gasteiger partial charge is 0.309 e. The molecule has 0 amide bonds. The van der Waals surface area contributed by atoms with E-state index in [2.05, 4.69) is 12.1 Å². The standard InChI is InChI=1S/C52H28F6N4/c53-51(54,55)45-13-5-1-9-37(45)31-19-23-41-39-11-3-7-15-47(39)61(49(41)25-31)35-21-17-33(29-59)43(27-35)44-28-36(22-18-34(44)30-60)62-48-16-8-4-12-40(48)42-24-20-32(26-50(42)62)38-10-2-6-14-46(38)52(56,57)58/h1-28H. The Kier molecular flexibility index (Phi) is 8.79. The van der Waals surface area contributed by atoms with Gasteiger partial charge in [0.25, 0.3) is 0 Å². The van der Waals surface area contributed by atoms with Crippen molar-refractivity contribution < 1.29 is 26.3 Å². The maximum absolute atomic E-state index is 14.2. The van der Waals surface area contributed by atoms with Gasteiger partial charge in [0.1, 0.15) is 0 Å². The SMILES string of the molecule is N#Cc1ccc(-n2c3ccccc3c3ccc(-c4ccccc4C(F)(F)F)cc32)cc1-c1cc(-n2c3ccccc3c3ccc(-c4ccccc4C(F)(F)F)cc32)ccc1C#N. The van der Waals surface area contributed by atoms with Gasteiger partial charge in [0.15, 0.2) is 0 Å². The molecule has 0 bridgehead atoms. The summed E-state index contributed by atoms with van der Waals surface area (Å²) in [4.78, 5) is 0. The van der Waals surface area contributed by atoms with Gasteiger partial charge < -0.3 is 9.13 Å². The molecule has 0 aliphatic carbocycles. The Balaban J connectivity index is 1.19. The molecule has 298 valence electrons. The zero-order valence-electron chi connectivity index (χ0n) is 32.2. The van der Waals surface area contributed by atoms with Crippen LogP contribution in [0.15, 0.2) is 170 Å². The number of benzene rings is 8. The highest BCUT2D eigenvalue weighted by molar-refractivity contribution is 6.11. The molecule has 2 heterocycles. The fraction of sp³-hybridized carbons (Fsp3) is 0.0385. The molecule has 0 unspecified atom stereocenters. The van der Waals surface area contributed by atoms with Crippen LogP contribution in [0.25, 0.3) is 88.4 Å². The van der Waals surface area contributed by atoms with Crippen molar-refractivity contribution in [3.63, 3.8) is 0 Å². The summed E-state index contributed by atoms with van der Waals surface area (Å²) in [5.41, 5.74) is 4.78. The van der Waals surface area contributed by atoms with Crippen molar-refractivity contribution in [2.45, 2.75) is 12.4 Å². The third kappa shape index (κ3) is 6.15. The van der Waals surface area contributed by atoms with Gasteiger partial charge in [0.2, 0.25) is 0 Å². The fourth-order valence-electron chi connectivity index (χ4n) is 8.78. The molecule has 0 atom stereocenters. The van der Waals surface area contributed by atoms with Gasteiger partial charge in [-0.1, -0.05) is 97.1 Å². The average molecular weight is 823 g/mol. The molecule has 8 aromatic carbocycles. The van der Waals surface area contributed by atoms with Crippen molar-refractivity contribution in [3.8, 4) is 56.9 Å². The van der Waals surface area contributed by atoms with Crippen molar-refractivity contribution in [2.24, 2.45) is 0 Å². The van der Waals surface area contributed by atoms with Crippen molar-refractivity contribution in [1.82, 2.24) is 9.13 Å². The normalized spacial score (nSPS) is 12.0. The summed E-state index contributed by atoms with van der Waals surface area (Å²) in [6, 6.07) is 51.7. The Morgan fingerprint density at radius 3 is 1.13 bits per heavy atom. The number of halogens is 6. The summed E-state index contributed by atoms with van der Waals surface area (Å²) in [7, 11) is 0. The summed E-state index contributed by atoms with van der Waals surface area (Å²) < 4.78 is 89.2. The molecule has 0 fully saturated rings. The maximum atomic E-state index is 14.2. The van der Waals surface area contributed by atoms with Gasteiger partial charge in [-0.05, 0) is 95.1 Å². The first-order valence-electron chi connectivity index (χ1n) is 19.4. The molecule has 10 aromatic rings. The van der Waals surface area contributed by atoms with Gasteiger partial charge in [-0.3, -0.25) is 0 Å². The van der Waals surface area contributed by atoms with E-state index in [1.54, 1.807) is 72.8 Å². The highest BCUT2D eigenvalue weighted by Crippen LogP contribution is 2.43. The van der Waals surface area contributed by atoms with E-state index in [9.17, 15) is 36.9 Å². The van der Waals surface area contributed by atoms with Crippen LogP contribution in [0.2, 0.25) is 0 Å². The van der Waals surface area contributed by atoms with Crippen LogP contribution in [0.1, 0.15) is 22.3 Å². The van der Waals surface area contributed by atoms with Gasteiger partial charge in [-0.2, -0.15) is 36.9 Å². The van der Waals surface area contributed by atoms with Crippen LogP contribution in [-0.2, 0) is 12.4 Å². The number of aromatic nitrogens is 2. The van der Waals surface area contributed by atoms with Crippen LogP contribution in [0.4, 0.5) is 26.3 Å². The second kappa shape index (κ2) is 14.3. The molecule has 62 heavy (non-hydrogen) atoms. The third-order valence-corrected chi connectivity index (χ3v) is 11.5. The monoisotopic (exact) mass is 822 g/mol. The zero-order valence-corrected chi connectivity index (χ0v) is 32.2. The number of hydrogen-bond donors (Lipinski definition) is 0. The highest BCUT2D eigenvalue weighted by Gasteiger charge is 2.34. The first kappa shape index (κ1) is 38.1. The van der Waals surface area contributed by atoms with E-state index in [4.69, 9.17) is 0 Å². The lowest BCUT2D eigenvalue weighted by atomic mass is 9.94. The lowest BCUT2D eigenvalue weighted by molar-refractivity contribution is -0.137. The van der Waals surface area contributed by atoms with Crippen LogP contribution in [-0.4, -0.2) is 9.13 Å². The predicted octanol–water partition coefficient (Wildman–Crippen LogP) is 14.7. The van der Waals surface area contributed by atoms with Crippen molar-refractivity contribution in [3.05, 3.63) is 192 Å². The minimum absolute atomic E-state index is 0.0384. The van der Waals surface area contributed by atoms with Crippen molar-refractivity contribution >= 4 is 43.6 Å². The second-order valence-corrected chi connectivity index (χ2v) is 14.9. The number of nitriles is 2. The van der Waals surface area contributed by atoms with Gasteiger partial charge >= 0.3 is 12.4 Å². The number of nitrogens with zero attached hydrogens (tertiary/aromatic N) is 4. The van der Waals surface area contributed by atoms with Gasteiger partial charge in [-0.25, -0.2) is 0 Å². The Morgan fingerprint density at radius 1 is 0.355 bits per heavy atom. The maximum Gasteiger partial charge on any atom is 0.417 e. The molecule has 0 spiro atoms. The van der Waals surface area contributed by atoms with Crippen molar-refractivity contribution in [2.75, 3.05) is 0 Å². The fourth-order valence-corrected chi connectivity index (χ4v) is 8.78. The van der Waals surface area contributed by atoms with Crippen molar-refractivity contribution in [1.29, 1.82) is 10.5 Å². The molecule has 10 rings (SSSR count). The Hall–Kier alpha value is -8.08. The van der Waals surface area contributed by atoms with Gasteiger partial charge in [-0.15, -0.1) is 0 Å². The number of fused-ring (bicyclic) bond motifs is 6. The molecule has 2 aromatic heterocycles. The number of hydrogen-bond acceptors (Lipinski definition) is 2. The van der Waals surface area contributed by atoms with E-state index in [0.717, 1.165) is 44.7 Å². The van der Waals surface area contributed by atoms with E-state index in [1.165, 1.54) is 24.3 Å². The van der Waals surface area contributed by atoms with E-state index in [0.29, 0.717) is 44.7 Å². The first-order chi connectivity index (χ1) is 29.9. The Morgan fingerprint density at radius 2 is 0.726 bits per heavy atom. The highest BCUT2D eigenvalue weighted by atomic mass is 19.4. The van der Waals surface area contributed by atoms with Crippen LogP contribution in [0, 0.1) is 22.7 Å². The van der Waals surface area contributed by atoms with Gasteiger partial charge in [0, 0.05) is 44.0 Å². The molecule has 0 aliphatic heterocycles. The number of para-hydroxylation sites is 2. The first-order valence-corrected chi connectivity index (χ1v) is 19.4. The van der Waals surface area contributed by atoms with Crippen LogP contribution in [0.5, 0.6) is 0 Å². The minimum atomic E-state index is -4.58. The molecular formula is C52H28F6N4. The number of alkyl halides is 6. The molecule has 0 radical (unpaired) electrons. The summed E-state index contributed by atoms with van der Waals surface area (Å²) in [5.74, 6) is 0. The molecule has 10 heteroatoms. The van der Waals surface area contributed by atoms with E-state index in [1.807, 2.05) is 69.8 Å². The van der Waals surface area contributed by atoms with Gasteiger partial charge in [0.05, 0.1) is 56.5 Å². The molecule has 0 N–H and O–H groups in total. The lowest BCUT2D eigenvalue weighted by Crippen LogP contribution is -2.06.